The molecule has 0 saturated heterocycles. The molecule has 0 fully saturated rings. The van der Waals surface area contributed by atoms with Crippen LogP contribution in [0, 0.1) is 0 Å². The Balaban J connectivity index is 2.00. The second-order valence-corrected chi connectivity index (χ2v) is 6.03. The molecule has 0 heterocycles. The van der Waals surface area contributed by atoms with Gasteiger partial charge in [0.1, 0.15) is 0 Å². The van der Waals surface area contributed by atoms with Crippen molar-refractivity contribution in [1.82, 2.24) is 5.32 Å². The predicted molar refractivity (Wildman–Crippen MR) is 95.9 cm³/mol. The molecule has 0 aliphatic carbocycles. The van der Waals surface area contributed by atoms with Crippen LogP contribution in [0.2, 0.25) is 5.02 Å². The Morgan fingerprint density at radius 3 is 2.48 bits per heavy atom. The number of aromatic carboxylic acids is 1. The predicted octanol–water partition coefficient (Wildman–Crippen LogP) is 3.47. The quantitative estimate of drug-likeness (QED) is 0.754. The lowest BCUT2D eigenvalue weighted by Gasteiger charge is -2.18. The number of nitrogens with one attached hydrogen (secondary N) is 1. The molecule has 2 aromatic carbocycles. The third-order valence-electron chi connectivity index (χ3n) is 3.81. The third kappa shape index (κ3) is 5.59. The number of carbonyl (C=O) groups is 2. The molecule has 0 spiro atoms. The van der Waals surface area contributed by atoms with E-state index in [2.05, 4.69) is 5.32 Å². The molecule has 2 N–H and O–H groups in total. The van der Waals surface area contributed by atoms with Crippen LogP contribution in [0.25, 0.3) is 0 Å². The standard InChI is InChI=1S/C19H20ClNO4/c1-25-12-17(14-6-9-15(20)10-7-14)21-18(22)11-8-13-4-2-3-5-16(13)19(23)24/h2-7,9-10,17H,8,11-12H2,1H3,(H,21,22)(H,23,24). The minimum atomic E-state index is -0.991. The summed E-state index contributed by atoms with van der Waals surface area (Å²) in [5, 5.41) is 12.7. The van der Waals surface area contributed by atoms with Crippen molar-refractivity contribution in [2.45, 2.75) is 18.9 Å². The summed E-state index contributed by atoms with van der Waals surface area (Å²) >= 11 is 5.89. The molecule has 0 saturated carbocycles. The molecule has 6 heteroatoms. The molecular formula is C19H20ClNO4. The fourth-order valence-corrected chi connectivity index (χ4v) is 2.67. The maximum Gasteiger partial charge on any atom is 0.335 e. The van der Waals surface area contributed by atoms with Gasteiger partial charge in [0.25, 0.3) is 0 Å². The maximum absolute atomic E-state index is 12.3. The fraction of sp³-hybridized carbons (Fsp3) is 0.263. The largest absolute Gasteiger partial charge is 0.478 e. The average Bonchev–Trinajstić information content (AvgIpc) is 2.60. The second kappa shape index (κ2) is 9.20. The highest BCUT2D eigenvalue weighted by atomic mass is 35.5. The molecular weight excluding hydrogens is 342 g/mol. The van der Waals surface area contributed by atoms with Crippen molar-refractivity contribution in [2.24, 2.45) is 0 Å². The minimum absolute atomic E-state index is 0.169. The summed E-state index contributed by atoms with van der Waals surface area (Å²) < 4.78 is 5.18. The molecule has 2 aromatic rings. The van der Waals surface area contributed by atoms with Gasteiger partial charge in [-0.1, -0.05) is 41.9 Å². The van der Waals surface area contributed by atoms with Gasteiger partial charge in [0, 0.05) is 18.6 Å². The van der Waals surface area contributed by atoms with Crippen molar-refractivity contribution in [3.8, 4) is 0 Å². The van der Waals surface area contributed by atoms with Gasteiger partial charge in [0.15, 0.2) is 0 Å². The number of benzene rings is 2. The smallest absolute Gasteiger partial charge is 0.335 e. The number of hydrogen-bond acceptors (Lipinski definition) is 3. The highest BCUT2D eigenvalue weighted by Gasteiger charge is 2.16. The number of halogens is 1. The van der Waals surface area contributed by atoms with E-state index in [-0.39, 0.29) is 23.9 Å². The van der Waals surface area contributed by atoms with Crippen molar-refractivity contribution in [2.75, 3.05) is 13.7 Å². The van der Waals surface area contributed by atoms with Crippen molar-refractivity contribution in [1.29, 1.82) is 0 Å². The van der Waals surface area contributed by atoms with E-state index in [9.17, 15) is 14.7 Å². The summed E-state index contributed by atoms with van der Waals surface area (Å²) in [6.45, 7) is 0.332. The van der Waals surface area contributed by atoms with E-state index in [0.29, 0.717) is 23.6 Å². The van der Waals surface area contributed by atoms with Crippen molar-refractivity contribution >= 4 is 23.5 Å². The number of rotatable bonds is 8. The molecule has 0 radical (unpaired) electrons. The second-order valence-electron chi connectivity index (χ2n) is 5.59. The first-order valence-electron chi connectivity index (χ1n) is 7.86. The Hall–Kier alpha value is -2.37. The summed E-state index contributed by atoms with van der Waals surface area (Å²) in [5.74, 6) is -1.16. The van der Waals surface area contributed by atoms with Gasteiger partial charge in [-0.15, -0.1) is 0 Å². The van der Waals surface area contributed by atoms with E-state index in [4.69, 9.17) is 16.3 Å². The Kier molecular flexibility index (Phi) is 6.98. The van der Waals surface area contributed by atoms with E-state index in [1.54, 1.807) is 37.4 Å². The molecule has 1 amide bonds. The Morgan fingerprint density at radius 2 is 1.84 bits per heavy atom. The van der Waals surface area contributed by atoms with Crippen molar-refractivity contribution in [3.63, 3.8) is 0 Å². The van der Waals surface area contributed by atoms with Gasteiger partial charge in [-0.05, 0) is 35.7 Å². The van der Waals surface area contributed by atoms with Crippen LogP contribution in [0.5, 0.6) is 0 Å². The SMILES string of the molecule is COCC(NC(=O)CCc1ccccc1C(=O)O)c1ccc(Cl)cc1. The van der Waals surface area contributed by atoms with Crippen LogP contribution in [-0.2, 0) is 16.0 Å². The lowest BCUT2D eigenvalue weighted by Crippen LogP contribution is -2.31. The number of aryl methyl sites for hydroxylation is 1. The summed E-state index contributed by atoms with van der Waals surface area (Å²) in [5.41, 5.74) is 1.76. The molecule has 1 unspecified atom stereocenters. The number of carboxylic acid groups (broad SMARTS) is 1. The van der Waals surface area contributed by atoms with Crippen LogP contribution in [0.1, 0.15) is 33.9 Å². The number of ether oxygens (including phenoxy) is 1. The minimum Gasteiger partial charge on any atom is -0.478 e. The van der Waals surface area contributed by atoms with Gasteiger partial charge < -0.3 is 15.2 Å². The molecule has 0 aliphatic rings. The van der Waals surface area contributed by atoms with E-state index >= 15 is 0 Å². The van der Waals surface area contributed by atoms with E-state index in [1.165, 1.54) is 6.07 Å². The van der Waals surface area contributed by atoms with Gasteiger partial charge in [-0.25, -0.2) is 4.79 Å². The first-order valence-corrected chi connectivity index (χ1v) is 8.24. The normalized spacial score (nSPS) is 11.8. The molecule has 0 aliphatic heterocycles. The highest BCUT2D eigenvalue weighted by Crippen LogP contribution is 2.18. The molecule has 0 bridgehead atoms. The summed E-state index contributed by atoms with van der Waals surface area (Å²) in [7, 11) is 1.57. The molecule has 0 aromatic heterocycles. The lowest BCUT2D eigenvalue weighted by atomic mass is 10.0. The van der Waals surface area contributed by atoms with Crippen LogP contribution in [0.15, 0.2) is 48.5 Å². The van der Waals surface area contributed by atoms with Gasteiger partial charge in [0.05, 0.1) is 18.2 Å². The topological polar surface area (TPSA) is 75.6 Å². The first-order chi connectivity index (χ1) is 12.0. The molecule has 2 rings (SSSR count). The molecule has 1 atom stereocenters. The zero-order valence-electron chi connectivity index (χ0n) is 13.9. The van der Waals surface area contributed by atoms with Crippen LogP contribution < -0.4 is 5.32 Å². The Bertz CT molecular complexity index is 730. The van der Waals surface area contributed by atoms with Crippen LogP contribution in [-0.4, -0.2) is 30.7 Å². The van der Waals surface area contributed by atoms with Gasteiger partial charge in [-0.2, -0.15) is 0 Å². The maximum atomic E-state index is 12.3. The zero-order chi connectivity index (χ0) is 18.2. The van der Waals surface area contributed by atoms with Crippen LogP contribution in [0.4, 0.5) is 0 Å². The summed E-state index contributed by atoms with van der Waals surface area (Å²) in [4.78, 5) is 23.5. The van der Waals surface area contributed by atoms with E-state index in [0.717, 1.165) is 5.56 Å². The first kappa shape index (κ1) is 19.0. The monoisotopic (exact) mass is 361 g/mol. The number of hydrogen-bond donors (Lipinski definition) is 2. The zero-order valence-corrected chi connectivity index (χ0v) is 14.6. The number of carboxylic acids is 1. The van der Waals surface area contributed by atoms with Crippen LogP contribution in [0.3, 0.4) is 0 Å². The van der Waals surface area contributed by atoms with Gasteiger partial charge in [0.2, 0.25) is 5.91 Å². The Labute approximate surface area is 151 Å². The van der Waals surface area contributed by atoms with E-state index < -0.39 is 5.97 Å². The fourth-order valence-electron chi connectivity index (χ4n) is 2.54. The number of carbonyl (C=O) groups excluding carboxylic acids is 1. The van der Waals surface area contributed by atoms with Gasteiger partial charge in [-0.3, -0.25) is 4.79 Å². The molecule has 25 heavy (non-hydrogen) atoms. The van der Waals surface area contributed by atoms with Crippen molar-refractivity contribution in [3.05, 3.63) is 70.2 Å². The number of methoxy groups -OCH3 is 1. The van der Waals surface area contributed by atoms with Crippen LogP contribution >= 0.6 is 11.6 Å². The summed E-state index contributed by atoms with van der Waals surface area (Å²) in [6, 6.07) is 13.6. The Morgan fingerprint density at radius 1 is 1.16 bits per heavy atom. The third-order valence-corrected chi connectivity index (χ3v) is 4.06. The lowest BCUT2D eigenvalue weighted by molar-refractivity contribution is -0.122. The number of amides is 1. The van der Waals surface area contributed by atoms with Crippen molar-refractivity contribution < 1.29 is 19.4 Å². The summed E-state index contributed by atoms with van der Waals surface area (Å²) in [6.07, 6.45) is 0.548. The van der Waals surface area contributed by atoms with E-state index in [1.807, 2.05) is 12.1 Å². The average molecular weight is 362 g/mol. The molecule has 5 nitrogen and oxygen atoms in total. The van der Waals surface area contributed by atoms with Gasteiger partial charge >= 0.3 is 5.97 Å². The highest BCUT2D eigenvalue weighted by molar-refractivity contribution is 6.30. The molecule has 132 valence electrons.